The number of piperazine rings is 1. The summed E-state index contributed by atoms with van der Waals surface area (Å²) in [5.41, 5.74) is 1.63. The predicted octanol–water partition coefficient (Wildman–Crippen LogP) is 4.55. The minimum Gasteiger partial charge on any atom is -0.368 e. The first kappa shape index (κ1) is 19.2. The number of rotatable bonds is 2. The molecule has 152 valence electrons. The monoisotopic (exact) mass is 402 g/mol. The van der Waals surface area contributed by atoms with Gasteiger partial charge in [-0.1, -0.05) is 24.3 Å². The van der Waals surface area contributed by atoms with Gasteiger partial charge in [0, 0.05) is 56.0 Å². The summed E-state index contributed by atoms with van der Waals surface area (Å²) in [6.07, 6.45) is -2.49. The van der Waals surface area contributed by atoms with E-state index in [2.05, 4.69) is 5.32 Å². The number of alkyl halides is 3. The molecule has 0 radical (unpaired) electrons. The number of nitrogens with zero attached hydrogens (tertiary/aromatic N) is 3. The second-order valence-corrected chi connectivity index (χ2v) is 7.12. The summed E-state index contributed by atoms with van der Waals surface area (Å²) in [5.74, 6) is 0. The number of nitrogens with one attached hydrogen (secondary N) is 1. The van der Waals surface area contributed by atoms with Crippen molar-refractivity contribution in [3.05, 3.63) is 60.3 Å². The Morgan fingerprint density at radius 2 is 1.72 bits per heavy atom. The molecule has 0 aliphatic carbocycles. The van der Waals surface area contributed by atoms with Crippen molar-refractivity contribution in [3.8, 4) is 0 Å². The van der Waals surface area contributed by atoms with Crippen LogP contribution in [0, 0.1) is 0 Å². The number of aryl methyl sites for hydroxylation is 1. The molecule has 0 bridgehead atoms. The molecule has 1 fully saturated rings. The van der Waals surface area contributed by atoms with E-state index in [1.54, 1.807) is 11.0 Å². The first-order valence-corrected chi connectivity index (χ1v) is 9.35. The molecule has 1 aliphatic rings. The predicted molar refractivity (Wildman–Crippen MR) is 107 cm³/mol. The minimum atomic E-state index is -4.36. The fourth-order valence-electron chi connectivity index (χ4n) is 3.68. The van der Waals surface area contributed by atoms with Crippen LogP contribution in [0.5, 0.6) is 0 Å². The third-order valence-corrected chi connectivity index (χ3v) is 5.24. The molecule has 0 atom stereocenters. The maximum Gasteiger partial charge on any atom is 0.416 e. The summed E-state index contributed by atoms with van der Waals surface area (Å²) in [6, 6.07) is 12.9. The molecule has 2 aromatic carbocycles. The molecule has 2 heterocycles. The average molecular weight is 402 g/mol. The Bertz CT molecular complexity index is 1040. The highest BCUT2D eigenvalue weighted by Crippen LogP contribution is 2.32. The van der Waals surface area contributed by atoms with Crippen molar-refractivity contribution in [1.29, 1.82) is 0 Å². The molecular formula is C21H21F3N4O. The first-order chi connectivity index (χ1) is 13.8. The summed E-state index contributed by atoms with van der Waals surface area (Å²) in [7, 11) is 1.92. The highest BCUT2D eigenvalue weighted by atomic mass is 19.4. The van der Waals surface area contributed by atoms with Crippen molar-refractivity contribution in [3.63, 3.8) is 0 Å². The van der Waals surface area contributed by atoms with Gasteiger partial charge in [-0.25, -0.2) is 4.79 Å². The molecule has 4 rings (SSSR count). The lowest BCUT2D eigenvalue weighted by Gasteiger charge is -2.36. The van der Waals surface area contributed by atoms with E-state index in [1.807, 2.05) is 47.0 Å². The lowest BCUT2D eigenvalue weighted by Crippen LogP contribution is -2.50. The van der Waals surface area contributed by atoms with Crippen LogP contribution in [0.2, 0.25) is 0 Å². The molecule has 1 saturated heterocycles. The van der Waals surface area contributed by atoms with Crippen LogP contribution >= 0.6 is 0 Å². The quantitative estimate of drug-likeness (QED) is 0.683. The number of hydrogen-bond donors (Lipinski definition) is 1. The lowest BCUT2D eigenvalue weighted by atomic mass is 10.1. The lowest BCUT2D eigenvalue weighted by molar-refractivity contribution is -0.137. The van der Waals surface area contributed by atoms with Gasteiger partial charge in [-0.3, -0.25) is 0 Å². The zero-order valence-electron chi connectivity index (χ0n) is 15.9. The van der Waals surface area contributed by atoms with E-state index in [1.165, 1.54) is 6.07 Å². The van der Waals surface area contributed by atoms with Crippen LogP contribution in [-0.4, -0.2) is 41.7 Å². The Morgan fingerprint density at radius 1 is 1.00 bits per heavy atom. The van der Waals surface area contributed by atoms with E-state index in [0.717, 1.165) is 28.7 Å². The fourth-order valence-corrected chi connectivity index (χ4v) is 3.68. The number of aromatic nitrogens is 1. The standard InChI is InChI=1S/C21H21F3N4O/c1-26-14-18(17-7-2-3-8-19(17)26)25-20(29)28-11-9-27(10-12-28)16-6-4-5-15(13-16)21(22,23)24/h2-8,13-14H,9-12H2,1H3,(H,25,29). The molecule has 2 amide bonds. The highest BCUT2D eigenvalue weighted by molar-refractivity contribution is 6.01. The molecule has 1 aromatic heterocycles. The molecular weight excluding hydrogens is 381 g/mol. The van der Waals surface area contributed by atoms with Gasteiger partial charge < -0.3 is 19.7 Å². The van der Waals surface area contributed by atoms with Crippen LogP contribution in [-0.2, 0) is 13.2 Å². The zero-order valence-corrected chi connectivity index (χ0v) is 15.9. The maximum absolute atomic E-state index is 12.9. The van der Waals surface area contributed by atoms with Crippen molar-refractivity contribution in [2.24, 2.45) is 7.05 Å². The minimum absolute atomic E-state index is 0.204. The SMILES string of the molecule is Cn1cc(NC(=O)N2CCN(c3cccc(C(F)(F)F)c3)CC2)c2ccccc21. The Balaban J connectivity index is 1.41. The topological polar surface area (TPSA) is 40.5 Å². The van der Waals surface area contributed by atoms with Gasteiger partial charge in [0.25, 0.3) is 0 Å². The number of carbonyl (C=O) groups is 1. The van der Waals surface area contributed by atoms with E-state index in [4.69, 9.17) is 0 Å². The summed E-state index contributed by atoms with van der Waals surface area (Å²) in [4.78, 5) is 16.2. The molecule has 0 unspecified atom stereocenters. The maximum atomic E-state index is 12.9. The highest BCUT2D eigenvalue weighted by Gasteiger charge is 2.31. The number of benzene rings is 2. The first-order valence-electron chi connectivity index (χ1n) is 9.35. The summed E-state index contributed by atoms with van der Waals surface area (Å²) in [6.45, 7) is 1.83. The van der Waals surface area contributed by atoms with Gasteiger partial charge >= 0.3 is 12.2 Å². The molecule has 29 heavy (non-hydrogen) atoms. The summed E-state index contributed by atoms with van der Waals surface area (Å²) in [5, 5.41) is 3.92. The van der Waals surface area contributed by atoms with Crippen LogP contribution < -0.4 is 10.2 Å². The third kappa shape index (κ3) is 3.87. The molecule has 1 N–H and O–H groups in total. The van der Waals surface area contributed by atoms with Gasteiger partial charge in [0.15, 0.2) is 0 Å². The molecule has 1 aliphatic heterocycles. The molecule has 0 saturated carbocycles. The number of fused-ring (bicyclic) bond motifs is 1. The van der Waals surface area contributed by atoms with Gasteiger partial charge in [-0.15, -0.1) is 0 Å². The van der Waals surface area contributed by atoms with Gasteiger partial charge in [-0.2, -0.15) is 13.2 Å². The molecule has 8 heteroatoms. The smallest absolute Gasteiger partial charge is 0.368 e. The third-order valence-electron chi connectivity index (χ3n) is 5.24. The van der Waals surface area contributed by atoms with E-state index in [9.17, 15) is 18.0 Å². The van der Waals surface area contributed by atoms with Gasteiger partial charge in [0.2, 0.25) is 0 Å². The van der Waals surface area contributed by atoms with Crippen LogP contribution in [0.1, 0.15) is 5.56 Å². The van der Waals surface area contributed by atoms with Crippen LogP contribution in [0.15, 0.2) is 54.7 Å². The van der Waals surface area contributed by atoms with Gasteiger partial charge in [0.05, 0.1) is 11.3 Å². The molecule has 0 spiro atoms. The summed E-state index contributed by atoms with van der Waals surface area (Å²) < 4.78 is 40.8. The second kappa shape index (κ2) is 7.35. The average Bonchev–Trinajstić information content (AvgIpc) is 3.03. The Labute approximate surface area is 166 Å². The van der Waals surface area contributed by atoms with Crippen molar-refractivity contribution in [2.45, 2.75) is 6.18 Å². The van der Waals surface area contributed by atoms with Crippen molar-refractivity contribution < 1.29 is 18.0 Å². The number of anilines is 2. The summed E-state index contributed by atoms with van der Waals surface area (Å²) >= 11 is 0. The largest absolute Gasteiger partial charge is 0.416 e. The number of amides is 2. The molecule has 5 nitrogen and oxygen atoms in total. The van der Waals surface area contributed by atoms with Crippen molar-refractivity contribution in [1.82, 2.24) is 9.47 Å². The van der Waals surface area contributed by atoms with E-state index >= 15 is 0 Å². The number of urea groups is 1. The van der Waals surface area contributed by atoms with Crippen LogP contribution in [0.4, 0.5) is 29.3 Å². The van der Waals surface area contributed by atoms with Crippen molar-refractivity contribution >= 4 is 28.3 Å². The zero-order chi connectivity index (χ0) is 20.6. The Hall–Kier alpha value is -3.16. The fraction of sp³-hybridized carbons (Fsp3) is 0.286. The normalized spacial score (nSPS) is 15.0. The molecule has 3 aromatic rings. The number of hydrogen-bond acceptors (Lipinski definition) is 2. The Kier molecular flexibility index (Phi) is 4.86. The second-order valence-electron chi connectivity index (χ2n) is 7.12. The van der Waals surface area contributed by atoms with E-state index in [-0.39, 0.29) is 6.03 Å². The Morgan fingerprint density at radius 3 is 2.45 bits per heavy atom. The van der Waals surface area contributed by atoms with Crippen LogP contribution in [0.25, 0.3) is 10.9 Å². The van der Waals surface area contributed by atoms with E-state index < -0.39 is 11.7 Å². The number of halogens is 3. The van der Waals surface area contributed by atoms with Crippen molar-refractivity contribution in [2.75, 3.05) is 36.4 Å². The number of carbonyl (C=O) groups excluding carboxylic acids is 1. The van der Waals surface area contributed by atoms with E-state index in [0.29, 0.717) is 31.9 Å². The van der Waals surface area contributed by atoms with Gasteiger partial charge in [0.1, 0.15) is 0 Å². The number of para-hydroxylation sites is 1. The van der Waals surface area contributed by atoms with Crippen LogP contribution in [0.3, 0.4) is 0 Å². The van der Waals surface area contributed by atoms with Gasteiger partial charge in [-0.05, 0) is 24.3 Å².